The van der Waals surface area contributed by atoms with Gasteiger partial charge in [0.2, 0.25) is 0 Å². The zero-order valence-corrected chi connectivity index (χ0v) is 17.6. The molecule has 1 atom stereocenters. The molecule has 2 N–H and O–H groups in total. The molecule has 1 aromatic carbocycles. The summed E-state index contributed by atoms with van der Waals surface area (Å²) in [6, 6.07) is 10.5. The predicted molar refractivity (Wildman–Crippen MR) is 113 cm³/mol. The number of nitrogens with two attached hydrogens (primary N) is 1. The summed E-state index contributed by atoms with van der Waals surface area (Å²) in [5, 5.41) is 2.92. The fourth-order valence-corrected chi connectivity index (χ4v) is 3.90. The number of benzene rings is 1. The van der Waals surface area contributed by atoms with Gasteiger partial charge in [0.1, 0.15) is 5.69 Å². The van der Waals surface area contributed by atoms with Crippen molar-refractivity contribution in [3.8, 4) is 0 Å². The molecular weight excluding hydrogens is 389 g/mol. The van der Waals surface area contributed by atoms with E-state index in [1.165, 1.54) is 5.56 Å². The standard InChI is InChI=1S/C19H25N3OS.2ClH/c1-19(2)13-22(11-10-16(19)20)18(23)15-12-24-17(21-15)9-8-14-6-4-3-5-7-14;;/h3-7,12,16H,8-11,13,20H2,1-2H3;2*1H. The molecule has 0 aliphatic carbocycles. The molecule has 1 saturated heterocycles. The van der Waals surface area contributed by atoms with Gasteiger partial charge >= 0.3 is 0 Å². The zero-order chi connectivity index (χ0) is 17.2. The lowest BCUT2D eigenvalue weighted by Gasteiger charge is -2.42. The van der Waals surface area contributed by atoms with Gasteiger partial charge in [-0.3, -0.25) is 4.79 Å². The Morgan fingerprint density at radius 1 is 1.27 bits per heavy atom. The van der Waals surface area contributed by atoms with Gasteiger partial charge in [-0.1, -0.05) is 44.2 Å². The third-order valence-electron chi connectivity index (χ3n) is 4.84. The molecule has 0 radical (unpaired) electrons. The number of amides is 1. The van der Waals surface area contributed by atoms with Crippen molar-refractivity contribution in [3.05, 3.63) is 52.0 Å². The Balaban J connectivity index is 0.00000169. The topological polar surface area (TPSA) is 59.2 Å². The first-order valence-corrected chi connectivity index (χ1v) is 9.37. The van der Waals surface area contributed by atoms with Gasteiger partial charge in [0.15, 0.2) is 0 Å². The second kappa shape index (κ2) is 9.70. The van der Waals surface area contributed by atoms with Crippen molar-refractivity contribution in [2.45, 2.75) is 39.2 Å². The van der Waals surface area contributed by atoms with Crippen LogP contribution in [0.2, 0.25) is 0 Å². The van der Waals surface area contributed by atoms with Gasteiger partial charge in [0, 0.05) is 30.9 Å². The number of rotatable bonds is 4. The van der Waals surface area contributed by atoms with E-state index in [1.54, 1.807) is 11.3 Å². The molecule has 2 heterocycles. The lowest BCUT2D eigenvalue weighted by molar-refractivity contribution is 0.0528. The number of carbonyl (C=O) groups excluding carboxylic acids is 1. The average Bonchev–Trinajstić information content (AvgIpc) is 3.04. The largest absolute Gasteiger partial charge is 0.337 e. The summed E-state index contributed by atoms with van der Waals surface area (Å²) in [5.41, 5.74) is 8.00. The van der Waals surface area contributed by atoms with Crippen molar-refractivity contribution in [2.75, 3.05) is 13.1 Å². The average molecular weight is 416 g/mol. The van der Waals surface area contributed by atoms with Crippen LogP contribution in [0.15, 0.2) is 35.7 Å². The number of halogens is 2. The van der Waals surface area contributed by atoms with Gasteiger partial charge in [-0.05, 0) is 23.8 Å². The Bertz CT molecular complexity index is 706. The summed E-state index contributed by atoms with van der Waals surface area (Å²) < 4.78 is 0. The molecule has 26 heavy (non-hydrogen) atoms. The van der Waals surface area contributed by atoms with Crippen molar-refractivity contribution in [1.29, 1.82) is 0 Å². The molecule has 1 amide bonds. The molecule has 3 rings (SSSR count). The van der Waals surface area contributed by atoms with E-state index in [1.807, 2.05) is 16.3 Å². The smallest absolute Gasteiger partial charge is 0.273 e. The minimum Gasteiger partial charge on any atom is -0.337 e. The molecule has 0 saturated carbocycles. The van der Waals surface area contributed by atoms with Gasteiger partial charge in [-0.2, -0.15) is 0 Å². The maximum Gasteiger partial charge on any atom is 0.273 e. The van der Waals surface area contributed by atoms with Crippen molar-refractivity contribution >= 4 is 42.1 Å². The van der Waals surface area contributed by atoms with E-state index >= 15 is 0 Å². The molecule has 144 valence electrons. The van der Waals surface area contributed by atoms with Crippen LogP contribution in [0.5, 0.6) is 0 Å². The number of thiazole rings is 1. The molecule has 0 spiro atoms. The number of aryl methyl sites for hydroxylation is 2. The second-order valence-electron chi connectivity index (χ2n) is 7.22. The molecule has 2 aromatic rings. The highest BCUT2D eigenvalue weighted by Gasteiger charge is 2.36. The third kappa shape index (κ3) is 5.43. The highest BCUT2D eigenvalue weighted by molar-refractivity contribution is 7.09. The van der Waals surface area contributed by atoms with Gasteiger partial charge in [0.05, 0.1) is 5.01 Å². The molecule has 7 heteroatoms. The fourth-order valence-electron chi connectivity index (χ4n) is 3.13. The predicted octanol–water partition coefficient (Wildman–Crippen LogP) is 3.97. The number of likely N-dealkylation sites (tertiary alicyclic amines) is 1. The van der Waals surface area contributed by atoms with E-state index in [2.05, 4.69) is 43.1 Å². The Morgan fingerprint density at radius 3 is 2.62 bits per heavy atom. The van der Waals surface area contributed by atoms with Crippen LogP contribution in [0, 0.1) is 5.41 Å². The van der Waals surface area contributed by atoms with E-state index in [-0.39, 0.29) is 42.2 Å². The van der Waals surface area contributed by atoms with E-state index in [0.717, 1.165) is 30.8 Å². The number of nitrogens with zero attached hydrogens (tertiary/aromatic N) is 2. The van der Waals surface area contributed by atoms with Gasteiger partial charge in [-0.15, -0.1) is 36.2 Å². The summed E-state index contributed by atoms with van der Waals surface area (Å²) >= 11 is 1.58. The van der Waals surface area contributed by atoms with Crippen molar-refractivity contribution < 1.29 is 4.79 Å². The first kappa shape index (κ1) is 22.9. The van der Waals surface area contributed by atoms with Crippen molar-refractivity contribution in [3.63, 3.8) is 0 Å². The molecule has 1 fully saturated rings. The lowest BCUT2D eigenvalue weighted by Crippen LogP contribution is -2.54. The van der Waals surface area contributed by atoms with E-state index in [9.17, 15) is 4.79 Å². The molecule has 1 aliphatic heterocycles. The SMILES string of the molecule is CC1(C)CN(C(=O)c2csc(CCc3ccccc3)n2)CCC1N.Cl.Cl. The Kier molecular flexibility index (Phi) is 8.54. The van der Waals surface area contributed by atoms with Crippen LogP contribution >= 0.6 is 36.2 Å². The second-order valence-corrected chi connectivity index (χ2v) is 8.17. The van der Waals surface area contributed by atoms with Crippen molar-refractivity contribution in [2.24, 2.45) is 11.1 Å². The Morgan fingerprint density at radius 2 is 1.96 bits per heavy atom. The molecule has 0 bridgehead atoms. The van der Waals surface area contributed by atoms with Crippen LogP contribution in [0.4, 0.5) is 0 Å². The maximum absolute atomic E-state index is 12.7. The van der Waals surface area contributed by atoms with Crippen LogP contribution in [0.3, 0.4) is 0 Å². The molecule has 1 unspecified atom stereocenters. The maximum atomic E-state index is 12.7. The van der Waals surface area contributed by atoms with Crippen LogP contribution < -0.4 is 5.73 Å². The fraction of sp³-hybridized carbons (Fsp3) is 0.474. The molecule has 1 aromatic heterocycles. The lowest BCUT2D eigenvalue weighted by atomic mass is 9.79. The van der Waals surface area contributed by atoms with Gasteiger partial charge < -0.3 is 10.6 Å². The highest BCUT2D eigenvalue weighted by atomic mass is 35.5. The van der Waals surface area contributed by atoms with Crippen LogP contribution in [0.1, 0.15) is 41.3 Å². The summed E-state index contributed by atoms with van der Waals surface area (Å²) in [7, 11) is 0. The van der Waals surface area contributed by atoms with Gasteiger partial charge in [0.25, 0.3) is 5.91 Å². The number of hydrogen-bond donors (Lipinski definition) is 1. The summed E-state index contributed by atoms with van der Waals surface area (Å²) in [5.74, 6) is 0.0391. The van der Waals surface area contributed by atoms with Crippen LogP contribution in [-0.2, 0) is 12.8 Å². The summed E-state index contributed by atoms with van der Waals surface area (Å²) in [6.45, 7) is 5.68. The number of aromatic nitrogens is 1. The van der Waals surface area contributed by atoms with Gasteiger partial charge in [-0.25, -0.2) is 4.98 Å². The number of hydrogen-bond acceptors (Lipinski definition) is 4. The molecule has 1 aliphatic rings. The Labute approximate surface area is 172 Å². The molecular formula is C19H27Cl2N3OS. The van der Waals surface area contributed by atoms with E-state index in [4.69, 9.17) is 5.73 Å². The monoisotopic (exact) mass is 415 g/mol. The molecule has 4 nitrogen and oxygen atoms in total. The summed E-state index contributed by atoms with van der Waals surface area (Å²) in [4.78, 5) is 19.2. The zero-order valence-electron chi connectivity index (χ0n) is 15.2. The quantitative estimate of drug-likeness (QED) is 0.821. The third-order valence-corrected chi connectivity index (χ3v) is 5.75. The minimum atomic E-state index is -0.0416. The number of piperidine rings is 1. The highest BCUT2D eigenvalue weighted by Crippen LogP contribution is 2.28. The Hall–Kier alpha value is -1.14. The van der Waals surface area contributed by atoms with Crippen LogP contribution in [0.25, 0.3) is 0 Å². The minimum absolute atomic E-state index is 0. The van der Waals surface area contributed by atoms with E-state index < -0.39 is 0 Å². The normalized spacial score (nSPS) is 18.6. The summed E-state index contributed by atoms with van der Waals surface area (Å²) in [6.07, 6.45) is 2.68. The van der Waals surface area contributed by atoms with E-state index in [0.29, 0.717) is 12.2 Å². The first-order chi connectivity index (χ1) is 11.5. The van der Waals surface area contributed by atoms with Crippen LogP contribution in [-0.4, -0.2) is 34.9 Å². The van der Waals surface area contributed by atoms with Crippen molar-refractivity contribution in [1.82, 2.24) is 9.88 Å². The first-order valence-electron chi connectivity index (χ1n) is 8.49. The number of carbonyl (C=O) groups is 1.